The van der Waals surface area contributed by atoms with Crippen molar-refractivity contribution in [3.63, 3.8) is 0 Å². The summed E-state index contributed by atoms with van der Waals surface area (Å²) < 4.78 is 6.92. The first-order chi connectivity index (χ1) is 11.2. The molecule has 6 nitrogen and oxygen atoms in total. The van der Waals surface area contributed by atoms with E-state index in [0.29, 0.717) is 5.56 Å². The van der Waals surface area contributed by atoms with Crippen LogP contribution < -0.4 is 4.74 Å². The van der Waals surface area contributed by atoms with Crippen LogP contribution >= 0.6 is 0 Å². The fourth-order valence-corrected chi connectivity index (χ4v) is 2.85. The molecule has 0 radical (unpaired) electrons. The largest absolute Gasteiger partial charge is 0.497 e. The zero-order valence-electron chi connectivity index (χ0n) is 13.6. The van der Waals surface area contributed by atoms with Crippen LogP contribution in [0.25, 0.3) is 0 Å². The van der Waals surface area contributed by atoms with Crippen molar-refractivity contribution in [3.05, 3.63) is 47.8 Å². The molecule has 0 unspecified atom stereocenters. The maximum atomic E-state index is 12.4. The Bertz CT molecular complexity index is 675. The van der Waals surface area contributed by atoms with Crippen LogP contribution in [-0.4, -0.2) is 58.8 Å². The maximum Gasteiger partial charge on any atom is 0.257 e. The summed E-state index contributed by atoms with van der Waals surface area (Å²) in [7, 11) is 3.50. The van der Waals surface area contributed by atoms with Crippen LogP contribution in [0.4, 0.5) is 0 Å². The van der Waals surface area contributed by atoms with Crippen LogP contribution in [-0.2, 0) is 13.6 Å². The molecule has 3 rings (SSSR count). The molecule has 1 amide bonds. The molecule has 0 atom stereocenters. The van der Waals surface area contributed by atoms with E-state index in [4.69, 9.17) is 4.74 Å². The number of carbonyl (C=O) groups excluding carboxylic acids is 1. The van der Waals surface area contributed by atoms with Gasteiger partial charge >= 0.3 is 0 Å². The summed E-state index contributed by atoms with van der Waals surface area (Å²) in [6, 6.07) is 8.13. The van der Waals surface area contributed by atoms with Crippen molar-refractivity contribution < 1.29 is 9.53 Å². The molecule has 0 saturated carbocycles. The van der Waals surface area contributed by atoms with Crippen molar-refractivity contribution in [1.82, 2.24) is 19.6 Å². The van der Waals surface area contributed by atoms with Gasteiger partial charge in [0.05, 0.1) is 18.9 Å². The molecule has 0 aliphatic carbocycles. The monoisotopic (exact) mass is 314 g/mol. The molecule has 2 heterocycles. The third kappa shape index (κ3) is 3.71. The molecule has 1 saturated heterocycles. The molecule has 6 heteroatoms. The van der Waals surface area contributed by atoms with Crippen LogP contribution in [0, 0.1) is 0 Å². The van der Waals surface area contributed by atoms with Gasteiger partial charge in [0, 0.05) is 46.0 Å². The SMILES string of the molecule is COc1cccc(CN2CCN(C(=O)c3cnn(C)c3)CC2)c1. The van der Waals surface area contributed by atoms with E-state index in [1.54, 1.807) is 24.2 Å². The molecule has 0 spiro atoms. The van der Waals surface area contributed by atoms with Gasteiger partial charge in [-0.15, -0.1) is 0 Å². The molecule has 1 aromatic heterocycles. The number of aryl methyl sites for hydroxylation is 1. The second-order valence-corrected chi connectivity index (χ2v) is 5.82. The van der Waals surface area contributed by atoms with Crippen LogP contribution in [0.15, 0.2) is 36.7 Å². The summed E-state index contributed by atoms with van der Waals surface area (Å²) >= 11 is 0. The van der Waals surface area contributed by atoms with E-state index in [2.05, 4.69) is 22.1 Å². The van der Waals surface area contributed by atoms with Gasteiger partial charge in [-0.05, 0) is 17.7 Å². The topological polar surface area (TPSA) is 50.6 Å². The number of hydrogen-bond donors (Lipinski definition) is 0. The lowest BCUT2D eigenvalue weighted by atomic mass is 10.2. The third-order valence-corrected chi connectivity index (χ3v) is 4.15. The smallest absolute Gasteiger partial charge is 0.257 e. The van der Waals surface area contributed by atoms with E-state index in [1.807, 2.05) is 24.1 Å². The second kappa shape index (κ2) is 6.83. The second-order valence-electron chi connectivity index (χ2n) is 5.82. The van der Waals surface area contributed by atoms with Crippen molar-refractivity contribution in [3.8, 4) is 5.75 Å². The summed E-state index contributed by atoms with van der Waals surface area (Å²) in [6.07, 6.45) is 3.40. The fraction of sp³-hybridized carbons (Fsp3) is 0.412. The highest BCUT2D eigenvalue weighted by atomic mass is 16.5. The minimum absolute atomic E-state index is 0.0686. The summed E-state index contributed by atoms with van der Waals surface area (Å²) in [5.74, 6) is 0.951. The predicted molar refractivity (Wildman–Crippen MR) is 87.4 cm³/mol. The minimum atomic E-state index is 0.0686. The lowest BCUT2D eigenvalue weighted by Crippen LogP contribution is -2.48. The van der Waals surface area contributed by atoms with E-state index in [-0.39, 0.29) is 5.91 Å². The highest BCUT2D eigenvalue weighted by Crippen LogP contribution is 2.16. The molecule has 0 N–H and O–H groups in total. The van der Waals surface area contributed by atoms with Gasteiger partial charge in [-0.1, -0.05) is 12.1 Å². The number of methoxy groups -OCH3 is 1. The molecule has 122 valence electrons. The van der Waals surface area contributed by atoms with Crippen LogP contribution in [0.2, 0.25) is 0 Å². The molecule has 1 aromatic carbocycles. The van der Waals surface area contributed by atoms with Gasteiger partial charge in [0.2, 0.25) is 0 Å². The first kappa shape index (κ1) is 15.6. The quantitative estimate of drug-likeness (QED) is 0.856. The highest BCUT2D eigenvalue weighted by Gasteiger charge is 2.22. The molecular weight excluding hydrogens is 292 g/mol. The van der Waals surface area contributed by atoms with Crippen molar-refractivity contribution in [2.24, 2.45) is 7.05 Å². The van der Waals surface area contributed by atoms with Crippen LogP contribution in [0.5, 0.6) is 5.75 Å². The van der Waals surface area contributed by atoms with Crippen molar-refractivity contribution in [2.45, 2.75) is 6.54 Å². The average Bonchev–Trinajstić information content (AvgIpc) is 3.01. The van der Waals surface area contributed by atoms with E-state index in [1.165, 1.54) is 5.56 Å². The van der Waals surface area contributed by atoms with Crippen molar-refractivity contribution in [2.75, 3.05) is 33.3 Å². The Morgan fingerprint density at radius 1 is 1.26 bits per heavy atom. The zero-order chi connectivity index (χ0) is 16.2. The van der Waals surface area contributed by atoms with Crippen LogP contribution in [0.3, 0.4) is 0 Å². The number of hydrogen-bond acceptors (Lipinski definition) is 4. The number of aromatic nitrogens is 2. The van der Waals surface area contributed by atoms with Crippen molar-refractivity contribution in [1.29, 1.82) is 0 Å². The molecule has 1 aliphatic heterocycles. The van der Waals surface area contributed by atoms with Gasteiger partial charge in [0.1, 0.15) is 5.75 Å². The van der Waals surface area contributed by atoms with Crippen molar-refractivity contribution >= 4 is 5.91 Å². The summed E-state index contributed by atoms with van der Waals surface area (Å²) in [5, 5.41) is 4.07. The summed E-state index contributed by atoms with van der Waals surface area (Å²) in [6.45, 7) is 4.13. The molecule has 23 heavy (non-hydrogen) atoms. The number of amides is 1. The predicted octanol–water partition coefficient (Wildman–Crippen LogP) is 1.39. The number of rotatable bonds is 4. The van der Waals surface area contributed by atoms with E-state index >= 15 is 0 Å². The van der Waals surface area contributed by atoms with Gasteiger partial charge in [-0.2, -0.15) is 5.10 Å². The Morgan fingerprint density at radius 3 is 2.70 bits per heavy atom. The van der Waals surface area contributed by atoms with E-state index < -0.39 is 0 Å². The average molecular weight is 314 g/mol. The number of ether oxygens (including phenoxy) is 1. The Balaban J connectivity index is 1.55. The first-order valence-corrected chi connectivity index (χ1v) is 7.79. The zero-order valence-corrected chi connectivity index (χ0v) is 13.6. The number of piperazine rings is 1. The molecule has 2 aromatic rings. The first-order valence-electron chi connectivity index (χ1n) is 7.79. The Labute approximate surface area is 136 Å². The highest BCUT2D eigenvalue weighted by molar-refractivity contribution is 5.93. The third-order valence-electron chi connectivity index (χ3n) is 4.15. The number of carbonyl (C=O) groups is 1. The summed E-state index contributed by atoms with van der Waals surface area (Å²) in [5.41, 5.74) is 1.89. The minimum Gasteiger partial charge on any atom is -0.497 e. The lowest BCUT2D eigenvalue weighted by molar-refractivity contribution is 0.0628. The normalized spacial score (nSPS) is 15.7. The molecule has 1 fully saturated rings. The van der Waals surface area contributed by atoms with Gasteiger partial charge < -0.3 is 9.64 Å². The van der Waals surface area contributed by atoms with Gasteiger partial charge in [0.15, 0.2) is 0 Å². The Kier molecular flexibility index (Phi) is 4.62. The van der Waals surface area contributed by atoms with E-state index in [9.17, 15) is 4.79 Å². The maximum absolute atomic E-state index is 12.4. The standard InChI is InChI=1S/C17H22N4O2/c1-19-13-15(11-18-19)17(22)21-8-6-20(7-9-21)12-14-4-3-5-16(10-14)23-2/h3-5,10-11,13H,6-9,12H2,1-2H3. The van der Waals surface area contributed by atoms with E-state index in [0.717, 1.165) is 38.5 Å². The summed E-state index contributed by atoms with van der Waals surface area (Å²) in [4.78, 5) is 16.7. The number of nitrogens with zero attached hydrogens (tertiary/aromatic N) is 4. The molecular formula is C17H22N4O2. The van der Waals surface area contributed by atoms with Gasteiger partial charge in [-0.3, -0.25) is 14.4 Å². The Hall–Kier alpha value is -2.34. The fourth-order valence-electron chi connectivity index (χ4n) is 2.85. The lowest BCUT2D eigenvalue weighted by Gasteiger charge is -2.34. The number of benzene rings is 1. The molecule has 0 bridgehead atoms. The van der Waals surface area contributed by atoms with Gasteiger partial charge in [-0.25, -0.2) is 0 Å². The van der Waals surface area contributed by atoms with Gasteiger partial charge in [0.25, 0.3) is 5.91 Å². The molecule has 1 aliphatic rings. The Morgan fingerprint density at radius 2 is 2.04 bits per heavy atom. The van der Waals surface area contributed by atoms with Crippen LogP contribution in [0.1, 0.15) is 15.9 Å².